The SMILES string of the molecule is CC(C)(C)c1ccc(C(=O)NCCC(=O)Nc2ccc3c(c2F)CCNC3)cc1. The predicted molar refractivity (Wildman–Crippen MR) is 113 cm³/mol. The summed E-state index contributed by atoms with van der Waals surface area (Å²) < 4.78 is 14.6. The highest BCUT2D eigenvalue weighted by Gasteiger charge is 2.18. The molecule has 0 atom stereocenters. The number of hydrogen-bond donors (Lipinski definition) is 3. The summed E-state index contributed by atoms with van der Waals surface area (Å²) in [6.07, 6.45) is 0.679. The molecule has 0 unspecified atom stereocenters. The zero-order chi connectivity index (χ0) is 21.0. The first kappa shape index (κ1) is 21.0. The topological polar surface area (TPSA) is 70.2 Å². The van der Waals surface area contributed by atoms with Crippen molar-refractivity contribution in [1.82, 2.24) is 10.6 Å². The molecule has 0 aromatic heterocycles. The number of amides is 2. The summed E-state index contributed by atoms with van der Waals surface area (Å²) >= 11 is 0. The standard InChI is InChI=1S/C23H28FN3O2/c1-23(2,3)17-7-4-15(5-8-17)22(29)26-13-11-20(28)27-19-9-6-16-14-25-12-10-18(16)21(19)24/h4-9,25H,10-14H2,1-3H3,(H,26,29)(H,27,28). The molecule has 0 aliphatic carbocycles. The first-order valence-corrected chi connectivity index (χ1v) is 9.95. The molecule has 1 aliphatic heterocycles. The second kappa shape index (κ2) is 8.74. The maximum atomic E-state index is 14.6. The van der Waals surface area contributed by atoms with Crippen LogP contribution in [0.2, 0.25) is 0 Å². The van der Waals surface area contributed by atoms with Crippen molar-refractivity contribution in [2.45, 2.75) is 45.6 Å². The van der Waals surface area contributed by atoms with Gasteiger partial charge in [0.15, 0.2) is 0 Å². The lowest BCUT2D eigenvalue weighted by Crippen LogP contribution is -2.28. The van der Waals surface area contributed by atoms with E-state index in [0.717, 1.165) is 17.7 Å². The maximum absolute atomic E-state index is 14.6. The fraction of sp³-hybridized carbons (Fsp3) is 0.391. The molecule has 3 rings (SSSR count). The Kier molecular flexibility index (Phi) is 6.33. The van der Waals surface area contributed by atoms with Crippen LogP contribution in [0, 0.1) is 5.82 Å². The molecular weight excluding hydrogens is 369 g/mol. The van der Waals surface area contributed by atoms with Crippen LogP contribution in [0.5, 0.6) is 0 Å². The number of fused-ring (bicyclic) bond motifs is 1. The number of rotatable bonds is 5. The van der Waals surface area contributed by atoms with E-state index in [9.17, 15) is 14.0 Å². The Balaban J connectivity index is 1.50. The van der Waals surface area contributed by atoms with Gasteiger partial charge in [0.2, 0.25) is 5.91 Å². The minimum Gasteiger partial charge on any atom is -0.352 e. The smallest absolute Gasteiger partial charge is 0.251 e. The van der Waals surface area contributed by atoms with Crippen molar-refractivity contribution in [3.8, 4) is 0 Å². The van der Waals surface area contributed by atoms with Gasteiger partial charge in [0.05, 0.1) is 5.69 Å². The van der Waals surface area contributed by atoms with Gasteiger partial charge in [-0.3, -0.25) is 9.59 Å². The Bertz CT molecular complexity index is 902. The Morgan fingerprint density at radius 1 is 1.10 bits per heavy atom. The number of nitrogens with one attached hydrogen (secondary N) is 3. The van der Waals surface area contributed by atoms with Crippen LogP contribution in [-0.4, -0.2) is 24.9 Å². The van der Waals surface area contributed by atoms with Gasteiger partial charge >= 0.3 is 0 Å². The fourth-order valence-electron chi connectivity index (χ4n) is 3.36. The van der Waals surface area contributed by atoms with Crippen LogP contribution in [0.15, 0.2) is 36.4 Å². The summed E-state index contributed by atoms with van der Waals surface area (Å²) in [7, 11) is 0. The maximum Gasteiger partial charge on any atom is 0.251 e. The third kappa shape index (κ3) is 5.21. The lowest BCUT2D eigenvalue weighted by molar-refractivity contribution is -0.116. The normalized spacial score (nSPS) is 13.5. The summed E-state index contributed by atoms with van der Waals surface area (Å²) in [5, 5.41) is 8.55. The van der Waals surface area contributed by atoms with Gasteiger partial charge in [-0.05, 0) is 53.3 Å². The highest BCUT2D eigenvalue weighted by molar-refractivity contribution is 5.95. The van der Waals surface area contributed by atoms with Crippen molar-refractivity contribution in [2.24, 2.45) is 0 Å². The number of carbonyl (C=O) groups excluding carboxylic acids is 2. The average molecular weight is 397 g/mol. The number of hydrogen-bond acceptors (Lipinski definition) is 3. The van der Waals surface area contributed by atoms with Gasteiger partial charge in [-0.2, -0.15) is 0 Å². The largest absolute Gasteiger partial charge is 0.352 e. The minimum atomic E-state index is -0.361. The van der Waals surface area contributed by atoms with Gasteiger partial charge in [-0.15, -0.1) is 0 Å². The molecule has 154 valence electrons. The van der Waals surface area contributed by atoms with Crippen LogP contribution in [0.4, 0.5) is 10.1 Å². The van der Waals surface area contributed by atoms with E-state index in [1.165, 1.54) is 0 Å². The number of benzene rings is 2. The van der Waals surface area contributed by atoms with Crippen LogP contribution < -0.4 is 16.0 Å². The second-order valence-corrected chi connectivity index (χ2v) is 8.37. The van der Waals surface area contributed by atoms with Crippen LogP contribution >= 0.6 is 0 Å². The average Bonchev–Trinajstić information content (AvgIpc) is 2.69. The predicted octanol–water partition coefficient (Wildman–Crippen LogP) is 3.53. The van der Waals surface area contributed by atoms with E-state index in [0.29, 0.717) is 24.1 Å². The lowest BCUT2D eigenvalue weighted by Gasteiger charge is -2.19. The zero-order valence-corrected chi connectivity index (χ0v) is 17.2. The molecule has 2 aromatic rings. The van der Waals surface area contributed by atoms with Crippen LogP contribution in [-0.2, 0) is 23.2 Å². The summed E-state index contributed by atoms with van der Waals surface area (Å²) in [6.45, 7) is 7.89. The van der Waals surface area contributed by atoms with Gasteiger partial charge < -0.3 is 16.0 Å². The van der Waals surface area contributed by atoms with E-state index < -0.39 is 0 Å². The molecule has 1 aliphatic rings. The van der Waals surface area contributed by atoms with Gasteiger partial charge in [0.1, 0.15) is 5.82 Å². The zero-order valence-electron chi connectivity index (χ0n) is 17.2. The van der Waals surface area contributed by atoms with Crippen molar-refractivity contribution in [3.63, 3.8) is 0 Å². The van der Waals surface area contributed by atoms with Crippen molar-refractivity contribution in [2.75, 3.05) is 18.4 Å². The van der Waals surface area contributed by atoms with Gasteiger partial charge in [0.25, 0.3) is 5.91 Å². The van der Waals surface area contributed by atoms with Crippen molar-refractivity contribution >= 4 is 17.5 Å². The molecule has 3 N–H and O–H groups in total. The summed E-state index contributed by atoms with van der Waals surface area (Å²) in [5.74, 6) is -0.924. The van der Waals surface area contributed by atoms with E-state index in [1.807, 2.05) is 18.2 Å². The minimum absolute atomic E-state index is 0.0234. The molecule has 29 heavy (non-hydrogen) atoms. The number of anilines is 1. The first-order valence-electron chi connectivity index (χ1n) is 9.95. The molecule has 1 heterocycles. The first-order chi connectivity index (χ1) is 13.8. The highest BCUT2D eigenvalue weighted by Crippen LogP contribution is 2.25. The highest BCUT2D eigenvalue weighted by atomic mass is 19.1. The molecule has 0 fully saturated rings. The van der Waals surface area contributed by atoms with Gasteiger partial charge in [0, 0.05) is 25.1 Å². The van der Waals surface area contributed by atoms with Crippen LogP contribution in [0.3, 0.4) is 0 Å². The Labute approximate surface area is 171 Å². The van der Waals surface area contributed by atoms with E-state index in [4.69, 9.17) is 0 Å². The molecular formula is C23H28FN3O2. The molecule has 2 amide bonds. The third-order valence-electron chi connectivity index (χ3n) is 5.13. The summed E-state index contributed by atoms with van der Waals surface area (Å²) in [5.41, 5.74) is 3.50. The van der Waals surface area contributed by atoms with Crippen molar-refractivity contribution in [1.29, 1.82) is 0 Å². The number of halogens is 1. The van der Waals surface area contributed by atoms with E-state index in [-0.39, 0.29) is 41.7 Å². The molecule has 0 saturated carbocycles. The van der Waals surface area contributed by atoms with Gasteiger partial charge in [-0.1, -0.05) is 39.0 Å². The Morgan fingerprint density at radius 3 is 2.52 bits per heavy atom. The summed E-state index contributed by atoms with van der Waals surface area (Å²) in [6, 6.07) is 10.9. The molecule has 0 saturated heterocycles. The van der Waals surface area contributed by atoms with Crippen molar-refractivity contribution in [3.05, 3.63) is 64.5 Å². The lowest BCUT2D eigenvalue weighted by atomic mass is 9.87. The third-order valence-corrected chi connectivity index (χ3v) is 5.13. The Hall–Kier alpha value is -2.73. The molecule has 0 radical (unpaired) electrons. The van der Waals surface area contributed by atoms with Gasteiger partial charge in [-0.25, -0.2) is 4.39 Å². The molecule has 0 bridgehead atoms. The fourth-order valence-corrected chi connectivity index (χ4v) is 3.36. The molecule has 2 aromatic carbocycles. The molecule has 6 heteroatoms. The van der Waals surface area contributed by atoms with Crippen molar-refractivity contribution < 1.29 is 14.0 Å². The van der Waals surface area contributed by atoms with Crippen LogP contribution in [0.25, 0.3) is 0 Å². The van der Waals surface area contributed by atoms with E-state index in [2.05, 4.69) is 36.7 Å². The molecule has 0 spiro atoms. The van der Waals surface area contributed by atoms with E-state index in [1.54, 1.807) is 18.2 Å². The monoisotopic (exact) mass is 397 g/mol. The van der Waals surface area contributed by atoms with Crippen LogP contribution in [0.1, 0.15) is 54.2 Å². The van der Waals surface area contributed by atoms with E-state index >= 15 is 0 Å². The second-order valence-electron chi connectivity index (χ2n) is 8.37. The molecule has 5 nitrogen and oxygen atoms in total. The Morgan fingerprint density at radius 2 is 1.83 bits per heavy atom. The number of carbonyl (C=O) groups is 2. The quantitative estimate of drug-likeness (QED) is 0.723. The summed E-state index contributed by atoms with van der Waals surface area (Å²) in [4.78, 5) is 24.4.